The van der Waals surface area contributed by atoms with Crippen molar-refractivity contribution in [2.45, 2.75) is 26.7 Å². The Morgan fingerprint density at radius 3 is 2.56 bits per heavy atom. The molecule has 1 aromatic rings. The van der Waals surface area contributed by atoms with Crippen molar-refractivity contribution in [3.05, 3.63) is 23.8 Å². The molecule has 1 amide bonds. The molecule has 5 heteroatoms. The van der Waals surface area contributed by atoms with E-state index in [1.165, 1.54) is 18.2 Å². The van der Waals surface area contributed by atoms with Gasteiger partial charge in [0.05, 0.1) is 0 Å². The first-order chi connectivity index (χ1) is 8.40. The van der Waals surface area contributed by atoms with E-state index in [9.17, 15) is 14.7 Å². The Bertz CT molecular complexity index is 454. The predicted molar refractivity (Wildman–Crippen MR) is 67.8 cm³/mol. The quantitative estimate of drug-likeness (QED) is 0.701. The highest BCUT2D eigenvalue weighted by Crippen LogP contribution is 2.21. The lowest BCUT2D eigenvalue weighted by molar-refractivity contribution is -0.116. The summed E-state index contributed by atoms with van der Waals surface area (Å²) >= 11 is 0. The number of benzene rings is 1. The highest BCUT2D eigenvalue weighted by atomic mass is 16.4. The summed E-state index contributed by atoms with van der Waals surface area (Å²) < 4.78 is 0. The summed E-state index contributed by atoms with van der Waals surface area (Å²) in [4.78, 5) is 22.4. The number of amides is 1. The summed E-state index contributed by atoms with van der Waals surface area (Å²) in [5.74, 6) is -1.27. The molecule has 0 bridgehead atoms. The number of carbonyl (C=O) groups excluding carboxylic acids is 1. The number of aromatic carboxylic acids is 1. The number of hydrogen-bond acceptors (Lipinski definition) is 3. The molecule has 1 aromatic carbocycles. The summed E-state index contributed by atoms with van der Waals surface area (Å²) in [5, 5.41) is 20.8. The van der Waals surface area contributed by atoms with Gasteiger partial charge in [0, 0.05) is 12.1 Å². The first-order valence-electron chi connectivity index (χ1n) is 5.76. The second-order valence-corrected chi connectivity index (χ2v) is 4.52. The van der Waals surface area contributed by atoms with Crippen LogP contribution in [0.3, 0.4) is 0 Å². The zero-order valence-corrected chi connectivity index (χ0v) is 10.4. The van der Waals surface area contributed by atoms with Crippen LogP contribution in [-0.2, 0) is 4.79 Å². The van der Waals surface area contributed by atoms with E-state index >= 15 is 0 Å². The molecule has 0 atom stereocenters. The molecule has 1 rings (SSSR count). The molecule has 98 valence electrons. The maximum absolute atomic E-state index is 11.6. The SMILES string of the molecule is CC(C)CCC(=O)Nc1ccc(O)c(C(=O)O)c1. The molecule has 0 spiro atoms. The Kier molecular flexibility index (Phi) is 4.71. The minimum atomic E-state index is -1.23. The summed E-state index contributed by atoms with van der Waals surface area (Å²) in [7, 11) is 0. The summed E-state index contributed by atoms with van der Waals surface area (Å²) in [5.41, 5.74) is 0.149. The van der Waals surface area contributed by atoms with Crippen molar-refractivity contribution in [3.8, 4) is 5.75 Å². The second-order valence-electron chi connectivity index (χ2n) is 4.52. The van der Waals surface area contributed by atoms with E-state index in [2.05, 4.69) is 5.32 Å². The third kappa shape index (κ3) is 4.08. The highest BCUT2D eigenvalue weighted by Gasteiger charge is 2.11. The van der Waals surface area contributed by atoms with Crippen molar-refractivity contribution in [2.24, 2.45) is 5.92 Å². The molecular formula is C13H17NO4. The van der Waals surface area contributed by atoms with Crippen LogP contribution in [0.2, 0.25) is 0 Å². The van der Waals surface area contributed by atoms with Crippen LogP contribution in [0.1, 0.15) is 37.0 Å². The Hall–Kier alpha value is -2.04. The summed E-state index contributed by atoms with van der Waals surface area (Å²) in [6, 6.07) is 3.96. The zero-order valence-electron chi connectivity index (χ0n) is 10.4. The van der Waals surface area contributed by atoms with Crippen molar-refractivity contribution in [2.75, 3.05) is 5.32 Å². The van der Waals surface area contributed by atoms with Crippen molar-refractivity contribution >= 4 is 17.6 Å². The highest BCUT2D eigenvalue weighted by molar-refractivity contribution is 5.95. The van der Waals surface area contributed by atoms with Crippen LogP contribution in [0, 0.1) is 5.92 Å². The number of nitrogens with one attached hydrogen (secondary N) is 1. The van der Waals surface area contributed by atoms with Gasteiger partial charge in [0.1, 0.15) is 11.3 Å². The normalized spacial score (nSPS) is 10.4. The Balaban J connectivity index is 2.70. The number of carboxylic acid groups (broad SMARTS) is 1. The largest absolute Gasteiger partial charge is 0.507 e. The van der Waals surface area contributed by atoms with Gasteiger partial charge in [0.25, 0.3) is 0 Å². The molecule has 0 radical (unpaired) electrons. The van der Waals surface area contributed by atoms with E-state index in [4.69, 9.17) is 5.11 Å². The van der Waals surface area contributed by atoms with Gasteiger partial charge in [0.15, 0.2) is 0 Å². The van der Waals surface area contributed by atoms with E-state index in [1.54, 1.807) is 0 Å². The van der Waals surface area contributed by atoms with Crippen molar-refractivity contribution in [3.63, 3.8) is 0 Å². The molecule has 0 aliphatic carbocycles. The number of phenols is 1. The molecule has 0 aliphatic heterocycles. The lowest BCUT2D eigenvalue weighted by atomic mass is 10.1. The smallest absolute Gasteiger partial charge is 0.339 e. The molecule has 0 heterocycles. The average molecular weight is 251 g/mol. The lowest BCUT2D eigenvalue weighted by Gasteiger charge is -2.08. The van der Waals surface area contributed by atoms with Gasteiger partial charge in [-0.2, -0.15) is 0 Å². The van der Waals surface area contributed by atoms with Gasteiger partial charge in [0.2, 0.25) is 5.91 Å². The van der Waals surface area contributed by atoms with Gasteiger partial charge in [-0.05, 0) is 30.5 Å². The molecule has 0 saturated heterocycles. The number of carboxylic acids is 1. The Labute approximate surface area is 105 Å². The molecule has 0 fully saturated rings. The van der Waals surface area contributed by atoms with Crippen LogP contribution in [0.15, 0.2) is 18.2 Å². The molecular weight excluding hydrogens is 234 g/mol. The topological polar surface area (TPSA) is 86.6 Å². The lowest BCUT2D eigenvalue weighted by Crippen LogP contribution is -2.12. The minimum absolute atomic E-state index is 0.161. The van der Waals surface area contributed by atoms with Crippen molar-refractivity contribution in [1.82, 2.24) is 0 Å². The standard InChI is InChI=1S/C13H17NO4/c1-8(2)3-6-12(16)14-9-4-5-11(15)10(7-9)13(17)18/h4-5,7-8,15H,3,6H2,1-2H3,(H,14,16)(H,17,18). The Morgan fingerprint density at radius 1 is 1.33 bits per heavy atom. The summed E-state index contributed by atoms with van der Waals surface area (Å²) in [6.45, 7) is 4.05. The number of anilines is 1. The fourth-order valence-electron chi connectivity index (χ4n) is 1.43. The minimum Gasteiger partial charge on any atom is -0.507 e. The maximum Gasteiger partial charge on any atom is 0.339 e. The molecule has 0 unspecified atom stereocenters. The predicted octanol–water partition coefficient (Wildman–Crippen LogP) is 2.47. The third-order valence-electron chi connectivity index (χ3n) is 2.46. The zero-order chi connectivity index (χ0) is 13.7. The third-order valence-corrected chi connectivity index (χ3v) is 2.46. The monoisotopic (exact) mass is 251 g/mol. The van der Waals surface area contributed by atoms with E-state index < -0.39 is 5.97 Å². The van der Waals surface area contributed by atoms with Crippen molar-refractivity contribution < 1.29 is 19.8 Å². The van der Waals surface area contributed by atoms with Crippen LogP contribution in [0.5, 0.6) is 5.75 Å². The molecule has 0 aliphatic rings. The van der Waals surface area contributed by atoms with Crippen LogP contribution in [0.25, 0.3) is 0 Å². The van der Waals surface area contributed by atoms with E-state index in [1.807, 2.05) is 13.8 Å². The van der Waals surface area contributed by atoms with E-state index in [0.717, 1.165) is 6.42 Å². The van der Waals surface area contributed by atoms with Crippen LogP contribution >= 0.6 is 0 Å². The van der Waals surface area contributed by atoms with E-state index in [0.29, 0.717) is 18.0 Å². The molecule has 3 N–H and O–H groups in total. The fraction of sp³-hybridized carbons (Fsp3) is 0.385. The second kappa shape index (κ2) is 6.05. The van der Waals surface area contributed by atoms with Crippen molar-refractivity contribution in [1.29, 1.82) is 0 Å². The van der Waals surface area contributed by atoms with Gasteiger partial charge in [-0.25, -0.2) is 4.79 Å². The number of carbonyl (C=O) groups is 2. The number of rotatable bonds is 5. The van der Waals surface area contributed by atoms with Gasteiger partial charge in [-0.3, -0.25) is 4.79 Å². The molecule has 5 nitrogen and oxygen atoms in total. The molecule has 0 aromatic heterocycles. The Morgan fingerprint density at radius 2 is 2.00 bits per heavy atom. The first-order valence-corrected chi connectivity index (χ1v) is 5.76. The van der Waals surface area contributed by atoms with Gasteiger partial charge < -0.3 is 15.5 Å². The van der Waals surface area contributed by atoms with Gasteiger partial charge in [-0.1, -0.05) is 13.8 Å². The van der Waals surface area contributed by atoms with Crippen LogP contribution < -0.4 is 5.32 Å². The van der Waals surface area contributed by atoms with Crippen LogP contribution in [0.4, 0.5) is 5.69 Å². The first kappa shape index (κ1) is 14.0. The number of aromatic hydroxyl groups is 1. The molecule has 0 saturated carbocycles. The summed E-state index contributed by atoms with van der Waals surface area (Å²) in [6.07, 6.45) is 1.16. The fourth-order valence-corrected chi connectivity index (χ4v) is 1.43. The van der Waals surface area contributed by atoms with Gasteiger partial charge in [-0.15, -0.1) is 0 Å². The average Bonchev–Trinajstić information content (AvgIpc) is 2.28. The van der Waals surface area contributed by atoms with Gasteiger partial charge >= 0.3 is 5.97 Å². The maximum atomic E-state index is 11.6. The number of hydrogen-bond donors (Lipinski definition) is 3. The van der Waals surface area contributed by atoms with E-state index in [-0.39, 0.29) is 17.2 Å². The van der Waals surface area contributed by atoms with Crippen LogP contribution in [-0.4, -0.2) is 22.1 Å². The molecule has 18 heavy (non-hydrogen) atoms.